The maximum absolute atomic E-state index is 12.4. The molecule has 0 saturated carbocycles. The van der Waals surface area contributed by atoms with Crippen molar-refractivity contribution in [3.63, 3.8) is 0 Å². The summed E-state index contributed by atoms with van der Waals surface area (Å²) in [7, 11) is 0. The van der Waals surface area contributed by atoms with Crippen LogP contribution in [0.1, 0.15) is 49.4 Å². The van der Waals surface area contributed by atoms with Crippen molar-refractivity contribution in [2.45, 2.75) is 39.0 Å². The van der Waals surface area contributed by atoms with Gasteiger partial charge in [-0.1, -0.05) is 25.8 Å². The van der Waals surface area contributed by atoms with Gasteiger partial charge in [0, 0.05) is 18.7 Å². The molecule has 1 aromatic rings. The number of carbonyl (C=O) groups excluding carboxylic acids is 1. The number of phenols is 1. The van der Waals surface area contributed by atoms with Crippen LogP contribution < -0.4 is 0 Å². The first-order valence-corrected chi connectivity index (χ1v) is 7.29. The summed E-state index contributed by atoms with van der Waals surface area (Å²) < 4.78 is 0. The molecule has 0 aliphatic carbocycles. The smallest absolute Gasteiger partial charge is 0.253 e. The number of nitrogens with zero attached hydrogens (tertiary/aromatic N) is 1. The average molecular weight is 261 g/mol. The van der Waals surface area contributed by atoms with Gasteiger partial charge >= 0.3 is 0 Å². The number of rotatable bonds is 3. The monoisotopic (exact) mass is 261 g/mol. The van der Waals surface area contributed by atoms with Crippen LogP contribution in [0.5, 0.6) is 5.75 Å². The Morgan fingerprint density at radius 1 is 1.37 bits per heavy atom. The van der Waals surface area contributed by atoms with E-state index >= 15 is 0 Å². The molecule has 1 aliphatic heterocycles. The summed E-state index contributed by atoms with van der Waals surface area (Å²) in [5.74, 6) is 0.976. The molecule has 1 heterocycles. The normalized spacial score (nSPS) is 20.1. The number of benzene rings is 1. The van der Waals surface area contributed by atoms with E-state index in [0.717, 1.165) is 31.8 Å². The maximum atomic E-state index is 12.4. The first-order valence-electron chi connectivity index (χ1n) is 7.29. The summed E-state index contributed by atoms with van der Waals surface area (Å²) in [6, 6.07) is 6.64. The Hall–Kier alpha value is -1.51. The number of hydrogen-bond acceptors (Lipinski definition) is 2. The number of phenolic OH excluding ortho intramolecular Hbond substituents is 1. The maximum Gasteiger partial charge on any atom is 0.253 e. The third-order valence-electron chi connectivity index (χ3n) is 3.92. The molecule has 3 heteroatoms. The van der Waals surface area contributed by atoms with Crippen molar-refractivity contribution < 1.29 is 9.90 Å². The zero-order chi connectivity index (χ0) is 13.7. The van der Waals surface area contributed by atoms with Crippen molar-refractivity contribution in [1.82, 2.24) is 4.90 Å². The van der Waals surface area contributed by atoms with Crippen molar-refractivity contribution >= 4 is 5.91 Å². The molecule has 3 nitrogen and oxygen atoms in total. The van der Waals surface area contributed by atoms with Crippen LogP contribution in [-0.4, -0.2) is 29.0 Å². The number of hydrogen-bond donors (Lipinski definition) is 1. The van der Waals surface area contributed by atoms with E-state index in [-0.39, 0.29) is 11.7 Å². The first-order chi connectivity index (χ1) is 9.20. The lowest BCUT2D eigenvalue weighted by Gasteiger charge is -2.20. The molecule has 1 unspecified atom stereocenters. The number of likely N-dealkylation sites (tertiary alicyclic amines) is 1. The quantitative estimate of drug-likeness (QED) is 0.905. The minimum absolute atomic E-state index is 0.0491. The SMILES string of the molecule is CCCC1CCCN(C(=O)c2cccc(O)c2)CC1. The minimum Gasteiger partial charge on any atom is -0.508 e. The first kappa shape index (κ1) is 13.9. The highest BCUT2D eigenvalue weighted by molar-refractivity contribution is 5.94. The van der Waals surface area contributed by atoms with Crippen LogP contribution in [0.2, 0.25) is 0 Å². The van der Waals surface area contributed by atoms with Gasteiger partial charge < -0.3 is 10.0 Å². The van der Waals surface area contributed by atoms with Gasteiger partial charge in [0.1, 0.15) is 5.75 Å². The Bertz CT molecular complexity index is 431. The highest BCUT2D eigenvalue weighted by Crippen LogP contribution is 2.23. The van der Waals surface area contributed by atoms with Gasteiger partial charge in [0.15, 0.2) is 0 Å². The largest absolute Gasteiger partial charge is 0.508 e. The molecule has 2 rings (SSSR count). The Morgan fingerprint density at radius 2 is 2.21 bits per heavy atom. The minimum atomic E-state index is 0.0491. The highest BCUT2D eigenvalue weighted by Gasteiger charge is 2.21. The topological polar surface area (TPSA) is 40.5 Å². The standard InChI is InChI=1S/C16H23NO2/c1-2-5-13-6-4-10-17(11-9-13)16(19)14-7-3-8-15(18)12-14/h3,7-8,12-13,18H,2,4-6,9-11H2,1H3. The fraction of sp³-hybridized carbons (Fsp3) is 0.562. The van der Waals surface area contributed by atoms with Gasteiger partial charge in [-0.25, -0.2) is 0 Å². The van der Waals surface area contributed by atoms with Gasteiger partial charge in [0.05, 0.1) is 0 Å². The third kappa shape index (κ3) is 3.72. The summed E-state index contributed by atoms with van der Waals surface area (Å²) in [5.41, 5.74) is 0.592. The van der Waals surface area contributed by atoms with Gasteiger partial charge in [0.25, 0.3) is 5.91 Å². The van der Waals surface area contributed by atoms with E-state index in [9.17, 15) is 9.90 Å². The van der Waals surface area contributed by atoms with E-state index in [1.54, 1.807) is 24.3 Å². The fourth-order valence-corrected chi connectivity index (χ4v) is 2.89. The Morgan fingerprint density at radius 3 is 2.95 bits per heavy atom. The molecule has 1 amide bonds. The lowest BCUT2D eigenvalue weighted by molar-refractivity contribution is 0.0759. The highest BCUT2D eigenvalue weighted by atomic mass is 16.3. The predicted molar refractivity (Wildman–Crippen MR) is 76.3 cm³/mol. The van der Waals surface area contributed by atoms with E-state index in [0.29, 0.717) is 5.56 Å². The van der Waals surface area contributed by atoms with Crippen LogP contribution in [-0.2, 0) is 0 Å². The van der Waals surface area contributed by atoms with Crippen molar-refractivity contribution in [3.8, 4) is 5.75 Å². The molecule has 0 bridgehead atoms. The molecule has 0 spiro atoms. The zero-order valence-corrected chi connectivity index (χ0v) is 11.6. The predicted octanol–water partition coefficient (Wildman–Crippen LogP) is 3.43. The van der Waals surface area contributed by atoms with Crippen molar-refractivity contribution in [2.75, 3.05) is 13.1 Å². The molecule has 0 radical (unpaired) electrons. The Balaban J connectivity index is 2.00. The van der Waals surface area contributed by atoms with Gasteiger partial charge in [-0.3, -0.25) is 4.79 Å². The second-order valence-corrected chi connectivity index (χ2v) is 5.43. The van der Waals surface area contributed by atoms with Gasteiger partial charge in [-0.05, 0) is 43.4 Å². The number of amides is 1. The second-order valence-electron chi connectivity index (χ2n) is 5.43. The zero-order valence-electron chi connectivity index (χ0n) is 11.6. The lowest BCUT2D eigenvalue weighted by Crippen LogP contribution is -2.31. The third-order valence-corrected chi connectivity index (χ3v) is 3.92. The van der Waals surface area contributed by atoms with E-state index in [1.165, 1.54) is 19.3 Å². The van der Waals surface area contributed by atoms with Gasteiger partial charge in [-0.2, -0.15) is 0 Å². The Labute approximate surface area is 115 Å². The Kier molecular flexibility index (Phi) is 4.83. The van der Waals surface area contributed by atoms with Crippen molar-refractivity contribution in [3.05, 3.63) is 29.8 Å². The number of carbonyl (C=O) groups is 1. The molecule has 0 aromatic heterocycles. The van der Waals surface area contributed by atoms with Crippen LogP contribution in [0.15, 0.2) is 24.3 Å². The molecule has 1 aliphatic rings. The molecular formula is C16H23NO2. The summed E-state index contributed by atoms with van der Waals surface area (Å²) in [6.45, 7) is 3.91. The van der Waals surface area contributed by atoms with E-state index in [4.69, 9.17) is 0 Å². The van der Waals surface area contributed by atoms with Crippen LogP contribution in [0.3, 0.4) is 0 Å². The van der Waals surface area contributed by atoms with Crippen LogP contribution in [0.4, 0.5) is 0 Å². The van der Waals surface area contributed by atoms with Gasteiger partial charge in [-0.15, -0.1) is 0 Å². The molecular weight excluding hydrogens is 238 g/mol. The lowest BCUT2D eigenvalue weighted by atomic mass is 9.96. The molecule has 19 heavy (non-hydrogen) atoms. The summed E-state index contributed by atoms with van der Waals surface area (Å²) in [6.07, 6.45) is 5.94. The van der Waals surface area contributed by atoms with Crippen LogP contribution in [0.25, 0.3) is 0 Å². The molecule has 1 aromatic carbocycles. The molecule has 1 fully saturated rings. The summed E-state index contributed by atoms with van der Waals surface area (Å²) >= 11 is 0. The van der Waals surface area contributed by atoms with E-state index in [1.807, 2.05) is 4.90 Å². The number of aromatic hydroxyl groups is 1. The van der Waals surface area contributed by atoms with Crippen molar-refractivity contribution in [1.29, 1.82) is 0 Å². The molecule has 1 atom stereocenters. The molecule has 1 N–H and O–H groups in total. The summed E-state index contributed by atoms with van der Waals surface area (Å²) in [5, 5.41) is 9.46. The van der Waals surface area contributed by atoms with Gasteiger partial charge in [0.2, 0.25) is 0 Å². The van der Waals surface area contributed by atoms with Crippen LogP contribution in [0, 0.1) is 5.92 Å². The molecule has 1 saturated heterocycles. The average Bonchev–Trinajstić information content (AvgIpc) is 2.64. The van der Waals surface area contributed by atoms with Crippen molar-refractivity contribution in [2.24, 2.45) is 5.92 Å². The van der Waals surface area contributed by atoms with E-state index < -0.39 is 0 Å². The molecule has 104 valence electrons. The second kappa shape index (κ2) is 6.60. The van der Waals surface area contributed by atoms with Crippen LogP contribution >= 0.6 is 0 Å². The summed E-state index contributed by atoms with van der Waals surface area (Å²) in [4.78, 5) is 14.3. The fourth-order valence-electron chi connectivity index (χ4n) is 2.89. The van der Waals surface area contributed by atoms with E-state index in [2.05, 4.69) is 6.92 Å².